The molecule has 0 aliphatic heterocycles. The van der Waals surface area contributed by atoms with Gasteiger partial charge in [0, 0.05) is 6.42 Å². The van der Waals surface area contributed by atoms with Gasteiger partial charge in [0.2, 0.25) is 5.92 Å². The predicted molar refractivity (Wildman–Crippen MR) is 40.8 cm³/mol. The molecule has 0 nitrogen and oxygen atoms in total. The Hall–Kier alpha value is 1.35. The van der Waals surface area contributed by atoms with E-state index < -0.39 is 25.1 Å². The minimum absolute atomic E-state index is 0. The smallest absolute Gasteiger partial charge is 0.449 e. The first-order valence-electron chi connectivity index (χ1n) is 4.40. The molecular formula is C7H11BF5K. The van der Waals surface area contributed by atoms with Crippen molar-refractivity contribution in [3.8, 4) is 0 Å². The Morgan fingerprint density at radius 3 is 2.14 bits per heavy atom. The van der Waals surface area contributed by atoms with Crippen molar-refractivity contribution < 1.29 is 73.1 Å². The molecule has 0 aromatic rings. The fourth-order valence-electron chi connectivity index (χ4n) is 1.78. The average molecular weight is 240 g/mol. The summed E-state index contributed by atoms with van der Waals surface area (Å²) in [5, 5.41) is 0. The molecule has 0 N–H and O–H groups in total. The van der Waals surface area contributed by atoms with E-state index in [1.165, 1.54) is 0 Å². The zero-order valence-electron chi connectivity index (χ0n) is 8.08. The Morgan fingerprint density at radius 2 is 1.71 bits per heavy atom. The van der Waals surface area contributed by atoms with Gasteiger partial charge in [0.15, 0.2) is 0 Å². The average Bonchev–Trinajstić information content (AvgIpc) is 1.91. The summed E-state index contributed by atoms with van der Waals surface area (Å²) in [5.74, 6) is -4.57. The molecule has 0 amide bonds. The van der Waals surface area contributed by atoms with Gasteiger partial charge >= 0.3 is 58.4 Å². The van der Waals surface area contributed by atoms with Gasteiger partial charge in [0.05, 0.1) is 0 Å². The maximum absolute atomic E-state index is 12.9. The Balaban J connectivity index is 0.00000169. The molecule has 1 fully saturated rings. The van der Waals surface area contributed by atoms with Gasteiger partial charge in [-0.15, -0.1) is 0 Å². The largest absolute Gasteiger partial charge is 1.00 e. The molecule has 0 aromatic heterocycles. The quantitative estimate of drug-likeness (QED) is 0.491. The van der Waals surface area contributed by atoms with Crippen LogP contribution in [0.3, 0.4) is 0 Å². The van der Waals surface area contributed by atoms with E-state index >= 15 is 0 Å². The third-order valence-electron chi connectivity index (χ3n) is 2.46. The van der Waals surface area contributed by atoms with Crippen LogP contribution in [-0.4, -0.2) is 12.9 Å². The summed E-state index contributed by atoms with van der Waals surface area (Å²) in [7, 11) is 0. The Morgan fingerprint density at radius 1 is 1.14 bits per heavy atom. The van der Waals surface area contributed by atoms with Crippen molar-refractivity contribution in [3.05, 3.63) is 0 Å². The van der Waals surface area contributed by atoms with Gasteiger partial charge in [-0.3, -0.25) is 0 Å². The first-order valence-corrected chi connectivity index (χ1v) is 4.40. The van der Waals surface area contributed by atoms with Crippen molar-refractivity contribution in [2.24, 2.45) is 5.92 Å². The van der Waals surface area contributed by atoms with E-state index in [0.717, 1.165) is 0 Å². The number of hydrogen-bond donors (Lipinski definition) is 0. The van der Waals surface area contributed by atoms with Crippen LogP contribution in [-0.2, 0) is 0 Å². The number of alkyl halides is 2. The molecule has 1 unspecified atom stereocenters. The number of hydrogen-bond acceptors (Lipinski definition) is 0. The van der Waals surface area contributed by atoms with Crippen LogP contribution in [0.4, 0.5) is 21.7 Å². The summed E-state index contributed by atoms with van der Waals surface area (Å²) in [5.41, 5.74) is 0. The molecule has 0 heterocycles. The topological polar surface area (TPSA) is 0 Å². The fourth-order valence-corrected chi connectivity index (χ4v) is 1.78. The van der Waals surface area contributed by atoms with Gasteiger partial charge in [-0.05, 0) is 18.8 Å². The van der Waals surface area contributed by atoms with E-state index in [1.54, 1.807) is 0 Å². The van der Waals surface area contributed by atoms with Crippen molar-refractivity contribution in [1.82, 2.24) is 0 Å². The molecule has 1 aliphatic rings. The van der Waals surface area contributed by atoms with Crippen molar-refractivity contribution in [1.29, 1.82) is 0 Å². The standard InChI is InChI=1S/C7H11BF5.K/c9-7(10)4-2-1-3-6(7)5-8(11,12)13;/h6H,1-5H2;/q-1;+1. The molecule has 1 rings (SSSR count). The maximum Gasteiger partial charge on any atom is 1.00 e. The molecule has 1 aliphatic carbocycles. The molecule has 0 radical (unpaired) electrons. The van der Waals surface area contributed by atoms with E-state index in [9.17, 15) is 21.7 Å². The van der Waals surface area contributed by atoms with Crippen LogP contribution in [0.5, 0.6) is 0 Å². The monoisotopic (exact) mass is 240 g/mol. The summed E-state index contributed by atoms with van der Waals surface area (Å²) < 4.78 is 61.6. The number of halogens is 5. The van der Waals surface area contributed by atoms with Crippen LogP contribution < -0.4 is 51.4 Å². The van der Waals surface area contributed by atoms with Gasteiger partial charge in [-0.2, -0.15) is 0 Å². The van der Waals surface area contributed by atoms with Gasteiger partial charge in [-0.1, -0.05) is 12.7 Å². The second-order valence-electron chi connectivity index (χ2n) is 3.65. The van der Waals surface area contributed by atoms with Crippen LogP contribution in [0.1, 0.15) is 25.7 Å². The summed E-state index contributed by atoms with van der Waals surface area (Å²) in [4.78, 5) is 0. The van der Waals surface area contributed by atoms with Crippen molar-refractivity contribution in [3.63, 3.8) is 0 Å². The summed E-state index contributed by atoms with van der Waals surface area (Å²) in [6.07, 6.45) is -0.828. The molecule has 14 heavy (non-hydrogen) atoms. The van der Waals surface area contributed by atoms with Crippen LogP contribution in [0.25, 0.3) is 0 Å². The van der Waals surface area contributed by atoms with Crippen molar-refractivity contribution >= 4 is 6.98 Å². The van der Waals surface area contributed by atoms with Crippen LogP contribution >= 0.6 is 0 Å². The van der Waals surface area contributed by atoms with Crippen LogP contribution in [0.15, 0.2) is 0 Å². The van der Waals surface area contributed by atoms with Crippen molar-refractivity contribution in [2.75, 3.05) is 0 Å². The molecule has 78 valence electrons. The van der Waals surface area contributed by atoms with Gasteiger partial charge < -0.3 is 12.9 Å². The molecule has 7 heteroatoms. The Bertz CT molecular complexity index is 181. The van der Waals surface area contributed by atoms with Crippen LogP contribution in [0.2, 0.25) is 6.32 Å². The van der Waals surface area contributed by atoms with E-state index in [-0.39, 0.29) is 64.2 Å². The third-order valence-corrected chi connectivity index (χ3v) is 2.46. The van der Waals surface area contributed by atoms with Crippen LogP contribution in [0, 0.1) is 5.92 Å². The van der Waals surface area contributed by atoms with Gasteiger partial charge in [0.1, 0.15) is 0 Å². The zero-order chi connectivity index (χ0) is 10.1. The Labute approximate surface area is 122 Å². The molecule has 0 aromatic carbocycles. The van der Waals surface area contributed by atoms with E-state index in [1.807, 2.05) is 0 Å². The fraction of sp³-hybridized carbons (Fsp3) is 1.00. The predicted octanol–water partition coefficient (Wildman–Crippen LogP) is 0.663. The molecule has 0 bridgehead atoms. The molecule has 1 saturated carbocycles. The van der Waals surface area contributed by atoms with Crippen molar-refractivity contribution in [2.45, 2.75) is 37.9 Å². The summed E-state index contributed by atoms with van der Waals surface area (Å²) >= 11 is 0. The third kappa shape index (κ3) is 4.92. The zero-order valence-corrected chi connectivity index (χ0v) is 11.2. The SMILES string of the molecule is F[B-](F)(F)CC1CCCCC1(F)F.[K+]. The first kappa shape index (κ1) is 15.4. The normalized spacial score (nSPS) is 26.8. The number of rotatable bonds is 2. The molecule has 0 spiro atoms. The van der Waals surface area contributed by atoms with Gasteiger partial charge in [-0.25, -0.2) is 8.78 Å². The minimum Gasteiger partial charge on any atom is -0.449 e. The summed E-state index contributed by atoms with van der Waals surface area (Å²) in [6, 6.07) is 0. The first-order chi connectivity index (χ1) is 5.81. The van der Waals surface area contributed by atoms with E-state index in [4.69, 9.17) is 0 Å². The Kier molecular flexibility index (Phi) is 6.15. The molecule has 0 saturated heterocycles. The van der Waals surface area contributed by atoms with Gasteiger partial charge in [0.25, 0.3) is 0 Å². The van der Waals surface area contributed by atoms with E-state index in [2.05, 4.69) is 0 Å². The van der Waals surface area contributed by atoms with E-state index in [0.29, 0.717) is 12.8 Å². The molecule has 1 atom stereocenters. The maximum atomic E-state index is 12.9. The second kappa shape index (κ2) is 5.61. The summed E-state index contributed by atoms with van der Waals surface area (Å²) in [6.45, 7) is -5.07. The molecular weight excluding hydrogens is 229 g/mol. The minimum atomic E-state index is -5.07. The second-order valence-corrected chi connectivity index (χ2v) is 3.65.